The quantitative estimate of drug-likeness (QED) is 0.941. The summed E-state index contributed by atoms with van der Waals surface area (Å²) in [5.41, 5.74) is 2.78. The number of carbonyl (C=O) groups is 1. The van der Waals surface area contributed by atoms with Crippen LogP contribution >= 0.6 is 11.3 Å². The van der Waals surface area contributed by atoms with Crippen LogP contribution in [0, 0.1) is 0 Å². The average molecular weight is 315 g/mol. The molecule has 0 radical (unpaired) electrons. The Labute approximate surface area is 135 Å². The van der Waals surface area contributed by atoms with Crippen LogP contribution in [0.25, 0.3) is 0 Å². The lowest BCUT2D eigenvalue weighted by Crippen LogP contribution is -2.46. The van der Waals surface area contributed by atoms with Crippen molar-refractivity contribution in [3.63, 3.8) is 0 Å². The molecule has 0 atom stereocenters. The van der Waals surface area contributed by atoms with Crippen LogP contribution in [-0.2, 0) is 0 Å². The fraction of sp³-hybridized carbons (Fsp3) is 0.353. The number of anilines is 2. The van der Waals surface area contributed by atoms with Crippen LogP contribution in [-0.4, -0.2) is 43.5 Å². The predicted octanol–water partition coefficient (Wildman–Crippen LogP) is 3.14. The fourth-order valence-electron chi connectivity index (χ4n) is 2.67. The molecule has 1 aromatic carbocycles. The Kier molecular flexibility index (Phi) is 4.75. The first-order valence-electron chi connectivity index (χ1n) is 7.67. The minimum atomic E-state index is -0.0504. The van der Waals surface area contributed by atoms with Crippen molar-refractivity contribution in [3.05, 3.63) is 46.7 Å². The number of nitrogens with zero attached hydrogens (tertiary/aromatic N) is 2. The lowest BCUT2D eigenvalue weighted by molar-refractivity contribution is 0.102. The van der Waals surface area contributed by atoms with Gasteiger partial charge in [-0.2, -0.15) is 11.3 Å². The molecule has 116 valence electrons. The van der Waals surface area contributed by atoms with Gasteiger partial charge in [0.25, 0.3) is 5.91 Å². The second kappa shape index (κ2) is 6.94. The Balaban J connectivity index is 1.60. The summed E-state index contributed by atoms with van der Waals surface area (Å²) in [5, 5.41) is 6.70. The van der Waals surface area contributed by atoms with Gasteiger partial charge in [-0.05, 0) is 42.3 Å². The maximum Gasteiger partial charge on any atom is 0.256 e. The molecule has 22 heavy (non-hydrogen) atoms. The summed E-state index contributed by atoms with van der Waals surface area (Å²) < 4.78 is 0. The fourth-order valence-corrected chi connectivity index (χ4v) is 3.31. The van der Waals surface area contributed by atoms with E-state index in [1.54, 1.807) is 0 Å². The Morgan fingerprint density at radius 2 is 1.86 bits per heavy atom. The molecule has 1 amide bonds. The largest absolute Gasteiger partial charge is 0.369 e. The number of piperazine rings is 1. The van der Waals surface area contributed by atoms with E-state index < -0.39 is 0 Å². The molecule has 5 heteroatoms. The summed E-state index contributed by atoms with van der Waals surface area (Å²) in [6.45, 7) is 7.70. The molecule has 0 unspecified atom stereocenters. The topological polar surface area (TPSA) is 35.6 Å². The van der Waals surface area contributed by atoms with Crippen molar-refractivity contribution in [2.75, 3.05) is 42.9 Å². The second-order valence-corrected chi connectivity index (χ2v) is 6.21. The molecule has 1 aliphatic rings. The van der Waals surface area contributed by atoms with Crippen molar-refractivity contribution >= 4 is 28.6 Å². The molecule has 1 aliphatic heterocycles. The highest BCUT2D eigenvalue weighted by Gasteiger charge is 2.15. The van der Waals surface area contributed by atoms with Crippen molar-refractivity contribution in [3.8, 4) is 0 Å². The first kappa shape index (κ1) is 15.1. The lowest BCUT2D eigenvalue weighted by atomic mass is 10.2. The van der Waals surface area contributed by atoms with Gasteiger partial charge in [0.15, 0.2) is 0 Å². The number of carbonyl (C=O) groups excluding carboxylic acids is 1. The molecule has 1 saturated heterocycles. The van der Waals surface area contributed by atoms with Crippen LogP contribution in [0.1, 0.15) is 17.3 Å². The molecule has 1 N–H and O–H groups in total. The molecule has 0 bridgehead atoms. The molecule has 1 fully saturated rings. The zero-order valence-corrected chi connectivity index (χ0v) is 13.6. The molecule has 2 aromatic rings. The first-order valence-corrected chi connectivity index (χ1v) is 8.61. The normalized spacial score (nSPS) is 15.8. The van der Waals surface area contributed by atoms with Gasteiger partial charge in [0, 0.05) is 42.9 Å². The standard InChI is InChI=1S/C17H21N3OS/c1-2-19-8-10-20(11-9-19)16-5-3-15(4-6-16)18-17(21)14-7-12-22-13-14/h3-7,12-13H,2,8-11H2,1H3,(H,18,21). The minimum absolute atomic E-state index is 0.0504. The van der Waals surface area contributed by atoms with Crippen molar-refractivity contribution in [2.45, 2.75) is 6.92 Å². The number of rotatable bonds is 4. The van der Waals surface area contributed by atoms with Crippen LogP contribution < -0.4 is 10.2 Å². The van der Waals surface area contributed by atoms with Gasteiger partial charge in [-0.15, -0.1) is 0 Å². The minimum Gasteiger partial charge on any atom is -0.369 e. The molecule has 1 aromatic heterocycles. The van der Waals surface area contributed by atoms with Crippen LogP contribution in [0.4, 0.5) is 11.4 Å². The zero-order chi connectivity index (χ0) is 15.4. The van der Waals surface area contributed by atoms with Crippen LogP contribution in [0.3, 0.4) is 0 Å². The van der Waals surface area contributed by atoms with Crippen molar-refractivity contribution < 1.29 is 4.79 Å². The van der Waals surface area contributed by atoms with Gasteiger partial charge in [0.1, 0.15) is 0 Å². The first-order chi connectivity index (χ1) is 10.8. The van der Waals surface area contributed by atoms with Gasteiger partial charge in [-0.3, -0.25) is 4.79 Å². The summed E-state index contributed by atoms with van der Waals surface area (Å²) in [6.07, 6.45) is 0. The van der Waals surface area contributed by atoms with Gasteiger partial charge in [-0.25, -0.2) is 0 Å². The van der Waals surface area contributed by atoms with E-state index >= 15 is 0 Å². The molecular weight excluding hydrogens is 294 g/mol. The van der Waals surface area contributed by atoms with E-state index in [2.05, 4.69) is 34.2 Å². The van der Waals surface area contributed by atoms with Crippen molar-refractivity contribution in [1.82, 2.24) is 4.90 Å². The SMILES string of the molecule is CCN1CCN(c2ccc(NC(=O)c3ccsc3)cc2)CC1. The number of hydrogen-bond acceptors (Lipinski definition) is 4. The van der Waals surface area contributed by atoms with E-state index in [1.807, 2.05) is 29.0 Å². The van der Waals surface area contributed by atoms with Crippen molar-refractivity contribution in [1.29, 1.82) is 0 Å². The molecule has 0 spiro atoms. The van der Waals surface area contributed by atoms with Crippen molar-refractivity contribution in [2.24, 2.45) is 0 Å². The van der Waals surface area contributed by atoms with Crippen LogP contribution in [0.5, 0.6) is 0 Å². The third-order valence-electron chi connectivity index (χ3n) is 4.09. The Bertz CT molecular complexity index is 601. The van der Waals surface area contributed by atoms with Gasteiger partial charge >= 0.3 is 0 Å². The van der Waals surface area contributed by atoms with E-state index in [9.17, 15) is 4.79 Å². The Hall–Kier alpha value is -1.85. The predicted molar refractivity (Wildman–Crippen MR) is 93.0 cm³/mol. The van der Waals surface area contributed by atoms with E-state index in [4.69, 9.17) is 0 Å². The zero-order valence-electron chi connectivity index (χ0n) is 12.8. The van der Waals surface area contributed by atoms with Gasteiger partial charge < -0.3 is 15.1 Å². The summed E-state index contributed by atoms with van der Waals surface area (Å²) in [7, 11) is 0. The molecule has 0 aliphatic carbocycles. The molecule has 2 heterocycles. The number of benzene rings is 1. The summed E-state index contributed by atoms with van der Waals surface area (Å²) in [6, 6.07) is 9.97. The maximum absolute atomic E-state index is 12.0. The van der Waals surface area contributed by atoms with E-state index in [-0.39, 0.29) is 5.91 Å². The monoisotopic (exact) mass is 315 g/mol. The van der Waals surface area contributed by atoms with E-state index in [1.165, 1.54) is 17.0 Å². The van der Waals surface area contributed by atoms with Gasteiger partial charge in [-0.1, -0.05) is 6.92 Å². The molecule has 0 saturated carbocycles. The second-order valence-electron chi connectivity index (χ2n) is 5.43. The van der Waals surface area contributed by atoms with Crippen LogP contribution in [0.15, 0.2) is 41.1 Å². The highest BCUT2D eigenvalue weighted by atomic mass is 32.1. The number of likely N-dealkylation sites (N-methyl/N-ethyl adjacent to an activating group) is 1. The number of hydrogen-bond donors (Lipinski definition) is 1. The molecular formula is C17H21N3OS. The Morgan fingerprint density at radius 1 is 1.14 bits per heavy atom. The lowest BCUT2D eigenvalue weighted by Gasteiger charge is -2.35. The van der Waals surface area contributed by atoms with E-state index in [0.29, 0.717) is 5.56 Å². The third kappa shape index (κ3) is 3.48. The summed E-state index contributed by atoms with van der Waals surface area (Å²) >= 11 is 1.53. The van der Waals surface area contributed by atoms with Crippen LogP contribution in [0.2, 0.25) is 0 Å². The van der Waals surface area contributed by atoms with Gasteiger partial charge in [0.2, 0.25) is 0 Å². The summed E-state index contributed by atoms with van der Waals surface area (Å²) in [4.78, 5) is 16.9. The maximum atomic E-state index is 12.0. The highest BCUT2D eigenvalue weighted by Crippen LogP contribution is 2.20. The molecule has 3 rings (SSSR count). The average Bonchev–Trinajstić information content (AvgIpc) is 3.10. The number of amides is 1. The third-order valence-corrected chi connectivity index (χ3v) is 4.78. The van der Waals surface area contributed by atoms with Gasteiger partial charge in [0.05, 0.1) is 5.56 Å². The Morgan fingerprint density at radius 3 is 2.45 bits per heavy atom. The number of nitrogens with one attached hydrogen (secondary N) is 1. The number of thiophene rings is 1. The van der Waals surface area contributed by atoms with E-state index in [0.717, 1.165) is 38.4 Å². The summed E-state index contributed by atoms with van der Waals surface area (Å²) in [5.74, 6) is -0.0504. The highest BCUT2D eigenvalue weighted by molar-refractivity contribution is 7.08. The smallest absolute Gasteiger partial charge is 0.256 e. The molecule has 4 nitrogen and oxygen atoms in total.